The number of ether oxygens (including phenoxy) is 1. The van der Waals surface area contributed by atoms with Crippen LogP contribution in [0.3, 0.4) is 0 Å². The molecule has 3 nitrogen and oxygen atoms in total. The fraction of sp³-hybridized carbons (Fsp3) is 1.00. The molecular weight excluding hydrogens is 166 g/mol. The van der Waals surface area contributed by atoms with Gasteiger partial charge in [-0.15, -0.1) is 12.4 Å². The molecule has 1 fully saturated rings. The number of nitrogens with zero attached hydrogens (tertiary/aromatic N) is 1. The summed E-state index contributed by atoms with van der Waals surface area (Å²) in [6, 6.07) is 0. The van der Waals surface area contributed by atoms with Crippen molar-refractivity contribution in [3.05, 3.63) is 0 Å². The van der Waals surface area contributed by atoms with E-state index in [-0.39, 0.29) is 18.5 Å². The zero-order valence-electron chi connectivity index (χ0n) is 6.82. The third-order valence-electron chi connectivity index (χ3n) is 1.63. The lowest BCUT2D eigenvalue weighted by Gasteiger charge is -2.27. The van der Waals surface area contributed by atoms with E-state index < -0.39 is 0 Å². The Hall–Kier alpha value is 0.170. The van der Waals surface area contributed by atoms with Crippen LogP contribution in [0.25, 0.3) is 0 Å². The Morgan fingerprint density at radius 2 is 2.00 bits per heavy atom. The molecular formula is C7H16ClNO2. The van der Waals surface area contributed by atoms with Crippen LogP contribution < -0.4 is 0 Å². The van der Waals surface area contributed by atoms with Gasteiger partial charge in [-0.25, -0.2) is 0 Å². The third-order valence-corrected chi connectivity index (χ3v) is 1.63. The highest BCUT2D eigenvalue weighted by Gasteiger charge is 2.11. The summed E-state index contributed by atoms with van der Waals surface area (Å²) in [4.78, 5) is 2.22. The largest absolute Gasteiger partial charge is 0.392 e. The molecule has 0 bridgehead atoms. The Bertz CT molecular complexity index is 94.4. The van der Waals surface area contributed by atoms with E-state index in [9.17, 15) is 0 Å². The smallest absolute Gasteiger partial charge is 0.0639 e. The molecule has 0 aromatic carbocycles. The number of halogens is 1. The van der Waals surface area contributed by atoms with Gasteiger partial charge in [-0.1, -0.05) is 0 Å². The van der Waals surface area contributed by atoms with E-state index >= 15 is 0 Å². The number of β-amino-alcohol motifs (C(OH)–C–C–N with tert-alkyl or cyclic N) is 1. The average Bonchev–Trinajstić information content (AvgIpc) is 1.88. The molecule has 1 unspecified atom stereocenters. The molecule has 1 atom stereocenters. The monoisotopic (exact) mass is 181 g/mol. The van der Waals surface area contributed by atoms with E-state index in [1.807, 2.05) is 6.92 Å². The van der Waals surface area contributed by atoms with Gasteiger partial charge in [-0.2, -0.15) is 0 Å². The molecule has 0 aromatic rings. The maximum absolute atomic E-state index is 9.02. The van der Waals surface area contributed by atoms with E-state index in [0.29, 0.717) is 0 Å². The van der Waals surface area contributed by atoms with E-state index in [2.05, 4.69) is 4.90 Å². The molecule has 4 heteroatoms. The molecule has 1 N–H and O–H groups in total. The maximum atomic E-state index is 9.02. The Kier molecular flexibility index (Phi) is 5.86. The van der Waals surface area contributed by atoms with Gasteiger partial charge < -0.3 is 9.84 Å². The Balaban J connectivity index is 0.000001000. The number of rotatable bonds is 2. The molecule has 1 aliphatic heterocycles. The standard InChI is InChI=1S/C7H15NO2.ClH/c1-7(9)6-8-2-4-10-5-3-8;/h7,9H,2-6H2,1H3;1H. The van der Waals surface area contributed by atoms with Gasteiger partial charge in [0, 0.05) is 19.6 Å². The number of hydrogen-bond donors (Lipinski definition) is 1. The first-order valence-corrected chi connectivity index (χ1v) is 3.77. The molecule has 0 aromatic heterocycles. The van der Waals surface area contributed by atoms with Gasteiger partial charge >= 0.3 is 0 Å². The van der Waals surface area contributed by atoms with Crippen molar-refractivity contribution in [3.63, 3.8) is 0 Å². The fourth-order valence-corrected chi connectivity index (χ4v) is 1.16. The Labute approximate surface area is 73.7 Å². The second-order valence-electron chi connectivity index (χ2n) is 2.76. The van der Waals surface area contributed by atoms with Gasteiger partial charge in [0.2, 0.25) is 0 Å². The highest BCUT2D eigenvalue weighted by molar-refractivity contribution is 5.85. The Morgan fingerprint density at radius 3 is 2.45 bits per heavy atom. The van der Waals surface area contributed by atoms with E-state index in [1.165, 1.54) is 0 Å². The first-order valence-electron chi connectivity index (χ1n) is 3.77. The molecule has 1 saturated heterocycles. The highest BCUT2D eigenvalue weighted by atomic mass is 35.5. The predicted molar refractivity (Wildman–Crippen MR) is 46.2 cm³/mol. The van der Waals surface area contributed by atoms with Crippen molar-refractivity contribution in [2.75, 3.05) is 32.8 Å². The summed E-state index contributed by atoms with van der Waals surface area (Å²) in [5.74, 6) is 0. The van der Waals surface area contributed by atoms with Crippen molar-refractivity contribution in [2.24, 2.45) is 0 Å². The zero-order valence-corrected chi connectivity index (χ0v) is 7.64. The van der Waals surface area contributed by atoms with Crippen LogP contribution >= 0.6 is 12.4 Å². The van der Waals surface area contributed by atoms with Crippen LogP contribution in [-0.4, -0.2) is 49.0 Å². The van der Waals surface area contributed by atoms with Crippen LogP contribution in [0, 0.1) is 0 Å². The first-order chi connectivity index (χ1) is 4.79. The maximum Gasteiger partial charge on any atom is 0.0639 e. The molecule has 0 saturated carbocycles. The molecule has 0 radical (unpaired) electrons. The molecule has 0 spiro atoms. The topological polar surface area (TPSA) is 32.7 Å². The lowest BCUT2D eigenvalue weighted by atomic mass is 10.3. The number of hydrogen-bond acceptors (Lipinski definition) is 3. The van der Waals surface area contributed by atoms with E-state index in [1.54, 1.807) is 0 Å². The zero-order chi connectivity index (χ0) is 7.40. The van der Waals surface area contributed by atoms with Crippen LogP contribution in [0.5, 0.6) is 0 Å². The molecule has 11 heavy (non-hydrogen) atoms. The van der Waals surface area contributed by atoms with Crippen molar-refractivity contribution >= 4 is 12.4 Å². The van der Waals surface area contributed by atoms with Crippen molar-refractivity contribution in [2.45, 2.75) is 13.0 Å². The summed E-state index contributed by atoms with van der Waals surface area (Å²) in [7, 11) is 0. The SMILES string of the molecule is CC(O)CN1CCOCC1.Cl. The van der Waals surface area contributed by atoms with Crippen molar-refractivity contribution < 1.29 is 9.84 Å². The van der Waals surface area contributed by atoms with Gasteiger partial charge in [-0.3, -0.25) is 4.90 Å². The van der Waals surface area contributed by atoms with Crippen LogP contribution in [0.15, 0.2) is 0 Å². The molecule has 0 aliphatic carbocycles. The molecule has 0 amide bonds. The Morgan fingerprint density at radius 1 is 1.45 bits per heavy atom. The molecule has 1 aliphatic rings. The van der Waals surface area contributed by atoms with Crippen LogP contribution in [-0.2, 0) is 4.74 Å². The third kappa shape index (κ3) is 4.58. The summed E-state index contributed by atoms with van der Waals surface area (Å²) >= 11 is 0. The van der Waals surface area contributed by atoms with Crippen LogP contribution in [0.2, 0.25) is 0 Å². The minimum absolute atomic E-state index is 0. The van der Waals surface area contributed by atoms with Gasteiger partial charge in [0.15, 0.2) is 0 Å². The lowest BCUT2D eigenvalue weighted by Crippen LogP contribution is -2.40. The van der Waals surface area contributed by atoms with Crippen molar-refractivity contribution in [3.8, 4) is 0 Å². The lowest BCUT2D eigenvalue weighted by molar-refractivity contribution is 0.0181. The van der Waals surface area contributed by atoms with Gasteiger partial charge in [0.05, 0.1) is 19.3 Å². The summed E-state index contributed by atoms with van der Waals surface area (Å²) in [5, 5.41) is 9.02. The minimum Gasteiger partial charge on any atom is -0.392 e. The summed E-state index contributed by atoms with van der Waals surface area (Å²) in [6.45, 7) is 6.15. The second kappa shape index (κ2) is 5.77. The fourth-order valence-electron chi connectivity index (χ4n) is 1.16. The van der Waals surface area contributed by atoms with Crippen molar-refractivity contribution in [1.29, 1.82) is 0 Å². The normalized spacial score (nSPS) is 22.4. The molecule has 1 rings (SSSR count). The van der Waals surface area contributed by atoms with E-state index in [4.69, 9.17) is 9.84 Å². The summed E-state index contributed by atoms with van der Waals surface area (Å²) < 4.78 is 5.16. The molecule has 1 heterocycles. The number of morpholine rings is 1. The summed E-state index contributed by atoms with van der Waals surface area (Å²) in [6.07, 6.45) is -0.210. The van der Waals surface area contributed by atoms with Crippen LogP contribution in [0.4, 0.5) is 0 Å². The van der Waals surface area contributed by atoms with Gasteiger partial charge in [0.1, 0.15) is 0 Å². The van der Waals surface area contributed by atoms with Gasteiger partial charge in [0.25, 0.3) is 0 Å². The number of aliphatic hydroxyl groups excluding tert-OH is 1. The quantitative estimate of drug-likeness (QED) is 0.657. The summed E-state index contributed by atoms with van der Waals surface area (Å²) in [5.41, 5.74) is 0. The predicted octanol–water partition coefficient (Wildman–Crippen LogP) is 0.121. The van der Waals surface area contributed by atoms with Gasteiger partial charge in [-0.05, 0) is 6.92 Å². The average molecular weight is 182 g/mol. The van der Waals surface area contributed by atoms with Crippen molar-refractivity contribution in [1.82, 2.24) is 4.90 Å². The minimum atomic E-state index is -0.210. The molecule has 68 valence electrons. The van der Waals surface area contributed by atoms with Crippen LogP contribution in [0.1, 0.15) is 6.92 Å². The van der Waals surface area contributed by atoms with E-state index in [0.717, 1.165) is 32.8 Å². The second-order valence-corrected chi connectivity index (χ2v) is 2.76. The first kappa shape index (κ1) is 11.2. The highest BCUT2D eigenvalue weighted by Crippen LogP contribution is 1.97. The number of aliphatic hydroxyl groups is 1.